The SMILES string of the molecule is COc1ccc(OC)c(NC(=O)Cc2c(C)c3cc4c(C)c(C)oc4cc3oc2=O)c1. The number of anilines is 1. The molecule has 0 saturated heterocycles. The van der Waals surface area contributed by atoms with Crippen LogP contribution in [0.15, 0.2) is 44.0 Å². The Labute approximate surface area is 178 Å². The van der Waals surface area contributed by atoms with E-state index in [1.165, 1.54) is 14.2 Å². The standard InChI is InChI=1S/C24H23NO6/c1-12-14(3)30-21-11-22-17(9-16(12)21)13(2)18(24(27)31-22)10-23(26)25-19-8-15(28-4)6-7-20(19)29-5/h6-9,11H,10H2,1-5H3,(H,25,26). The predicted molar refractivity (Wildman–Crippen MR) is 118 cm³/mol. The zero-order valence-electron chi connectivity index (χ0n) is 18.0. The number of fused-ring (bicyclic) bond motifs is 2. The Morgan fingerprint density at radius 1 is 0.935 bits per heavy atom. The highest BCUT2D eigenvalue weighted by Crippen LogP contribution is 2.32. The number of hydrogen-bond donors (Lipinski definition) is 1. The van der Waals surface area contributed by atoms with E-state index in [2.05, 4.69) is 5.32 Å². The van der Waals surface area contributed by atoms with Crippen molar-refractivity contribution in [2.24, 2.45) is 0 Å². The third-order valence-corrected chi connectivity index (χ3v) is 5.60. The van der Waals surface area contributed by atoms with E-state index in [4.69, 9.17) is 18.3 Å². The van der Waals surface area contributed by atoms with Crippen LogP contribution in [-0.2, 0) is 11.2 Å². The van der Waals surface area contributed by atoms with E-state index in [0.29, 0.717) is 39.5 Å². The number of methoxy groups -OCH3 is 2. The van der Waals surface area contributed by atoms with Crippen molar-refractivity contribution < 1.29 is 23.1 Å². The van der Waals surface area contributed by atoms with Crippen molar-refractivity contribution in [3.63, 3.8) is 0 Å². The van der Waals surface area contributed by atoms with E-state index in [-0.39, 0.29) is 12.3 Å². The molecule has 160 valence electrons. The summed E-state index contributed by atoms with van der Waals surface area (Å²) in [6.45, 7) is 5.70. The van der Waals surface area contributed by atoms with Crippen molar-refractivity contribution in [3.8, 4) is 11.5 Å². The van der Waals surface area contributed by atoms with Crippen molar-refractivity contribution in [3.05, 3.63) is 63.2 Å². The summed E-state index contributed by atoms with van der Waals surface area (Å²) in [6, 6.07) is 8.76. The van der Waals surface area contributed by atoms with Gasteiger partial charge in [0.25, 0.3) is 0 Å². The molecule has 0 aliphatic heterocycles. The van der Waals surface area contributed by atoms with Gasteiger partial charge in [0.1, 0.15) is 28.4 Å². The second-order valence-electron chi connectivity index (χ2n) is 7.41. The molecule has 0 radical (unpaired) electrons. The van der Waals surface area contributed by atoms with Crippen LogP contribution in [0.2, 0.25) is 0 Å². The molecule has 0 bridgehead atoms. The Balaban J connectivity index is 1.71. The van der Waals surface area contributed by atoms with Crippen LogP contribution in [0, 0.1) is 20.8 Å². The van der Waals surface area contributed by atoms with Gasteiger partial charge in [0.15, 0.2) is 0 Å². The van der Waals surface area contributed by atoms with E-state index >= 15 is 0 Å². The smallest absolute Gasteiger partial charge is 0.340 e. The fourth-order valence-corrected chi connectivity index (χ4v) is 3.70. The van der Waals surface area contributed by atoms with Crippen LogP contribution in [-0.4, -0.2) is 20.1 Å². The Bertz CT molecular complexity index is 1380. The monoisotopic (exact) mass is 421 g/mol. The molecule has 1 N–H and O–H groups in total. The van der Waals surface area contributed by atoms with Crippen molar-refractivity contribution >= 4 is 33.5 Å². The van der Waals surface area contributed by atoms with Gasteiger partial charge in [-0.1, -0.05) is 0 Å². The third-order valence-electron chi connectivity index (χ3n) is 5.60. The molecule has 4 aromatic rings. The molecule has 0 unspecified atom stereocenters. The van der Waals surface area contributed by atoms with Gasteiger partial charge in [-0.2, -0.15) is 0 Å². The lowest BCUT2D eigenvalue weighted by Crippen LogP contribution is -2.21. The van der Waals surface area contributed by atoms with Gasteiger partial charge in [-0.3, -0.25) is 4.79 Å². The number of ether oxygens (including phenoxy) is 2. The van der Waals surface area contributed by atoms with Crippen LogP contribution in [0.25, 0.3) is 21.9 Å². The summed E-state index contributed by atoms with van der Waals surface area (Å²) in [6.07, 6.45) is -0.133. The molecule has 2 heterocycles. The van der Waals surface area contributed by atoms with Crippen molar-refractivity contribution in [1.82, 2.24) is 0 Å². The highest BCUT2D eigenvalue weighted by atomic mass is 16.5. The molecule has 7 nitrogen and oxygen atoms in total. The summed E-state index contributed by atoms with van der Waals surface area (Å²) < 4.78 is 21.8. The zero-order valence-corrected chi connectivity index (χ0v) is 18.0. The maximum Gasteiger partial charge on any atom is 0.340 e. The Kier molecular flexibility index (Phi) is 5.19. The Hall–Kier alpha value is -3.74. The molecular formula is C24H23NO6. The number of hydrogen-bond acceptors (Lipinski definition) is 6. The first-order valence-electron chi connectivity index (χ1n) is 9.80. The maximum atomic E-state index is 12.8. The van der Waals surface area contributed by atoms with Crippen molar-refractivity contribution in [2.45, 2.75) is 27.2 Å². The summed E-state index contributed by atoms with van der Waals surface area (Å²) >= 11 is 0. The van der Waals surface area contributed by atoms with Crippen LogP contribution >= 0.6 is 0 Å². The molecule has 0 fully saturated rings. The fraction of sp³-hybridized carbons (Fsp3) is 0.250. The number of nitrogens with one attached hydrogen (secondary N) is 1. The number of carbonyl (C=O) groups excluding carboxylic acids is 1. The normalized spacial score (nSPS) is 11.1. The highest BCUT2D eigenvalue weighted by Gasteiger charge is 2.18. The van der Waals surface area contributed by atoms with Gasteiger partial charge in [0.2, 0.25) is 5.91 Å². The van der Waals surface area contributed by atoms with E-state index in [1.807, 2.05) is 26.8 Å². The van der Waals surface area contributed by atoms with Crippen LogP contribution < -0.4 is 20.4 Å². The molecule has 0 saturated carbocycles. The number of amides is 1. The molecule has 0 aliphatic carbocycles. The van der Waals surface area contributed by atoms with Crippen LogP contribution in [0.3, 0.4) is 0 Å². The molecule has 31 heavy (non-hydrogen) atoms. The lowest BCUT2D eigenvalue weighted by atomic mass is 10.0. The first kappa shape index (κ1) is 20.5. The quantitative estimate of drug-likeness (QED) is 0.471. The van der Waals surface area contributed by atoms with E-state index < -0.39 is 5.63 Å². The Morgan fingerprint density at radius 2 is 1.65 bits per heavy atom. The van der Waals surface area contributed by atoms with Gasteiger partial charge in [-0.05, 0) is 50.1 Å². The molecule has 7 heteroatoms. The number of furan rings is 1. The lowest BCUT2D eigenvalue weighted by Gasteiger charge is -2.12. The molecule has 0 atom stereocenters. The van der Waals surface area contributed by atoms with Crippen LogP contribution in [0.4, 0.5) is 5.69 Å². The van der Waals surface area contributed by atoms with E-state index in [1.54, 1.807) is 24.3 Å². The molecule has 0 spiro atoms. The topological polar surface area (TPSA) is 90.9 Å². The first-order valence-corrected chi connectivity index (χ1v) is 9.80. The van der Waals surface area contributed by atoms with Gasteiger partial charge in [-0.15, -0.1) is 0 Å². The van der Waals surface area contributed by atoms with E-state index in [9.17, 15) is 9.59 Å². The van der Waals surface area contributed by atoms with Crippen molar-refractivity contribution in [1.29, 1.82) is 0 Å². The van der Waals surface area contributed by atoms with Gasteiger partial charge < -0.3 is 23.6 Å². The van der Waals surface area contributed by atoms with Gasteiger partial charge in [-0.25, -0.2) is 4.79 Å². The van der Waals surface area contributed by atoms with Crippen molar-refractivity contribution in [2.75, 3.05) is 19.5 Å². The van der Waals surface area contributed by atoms with Gasteiger partial charge in [0, 0.05) is 22.9 Å². The lowest BCUT2D eigenvalue weighted by molar-refractivity contribution is -0.115. The minimum atomic E-state index is -0.544. The molecule has 4 rings (SSSR count). The Morgan fingerprint density at radius 3 is 2.35 bits per heavy atom. The number of carbonyl (C=O) groups is 1. The average Bonchev–Trinajstić information content (AvgIpc) is 3.02. The average molecular weight is 421 g/mol. The third kappa shape index (κ3) is 3.63. The highest BCUT2D eigenvalue weighted by molar-refractivity contribution is 5.98. The summed E-state index contributed by atoms with van der Waals surface area (Å²) in [4.78, 5) is 25.4. The van der Waals surface area contributed by atoms with Crippen LogP contribution in [0.5, 0.6) is 11.5 Å². The number of benzene rings is 2. The molecule has 0 aliphatic rings. The molecule has 1 amide bonds. The van der Waals surface area contributed by atoms with Crippen LogP contribution in [0.1, 0.15) is 22.5 Å². The number of rotatable bonds is 5. The first-order chi connectivity index (χ1) is 14.8. The maximum absolute atomic E-state index is 12.8. The van der Waals surface area contributed by atoms with Gasteiger partial charge >= 0.3 is 5.63 Å². The minimum Gasteiger partial charge on any atom is -0.497 e. The summed E-state index contributed by atoms with van der Waals surface area (Å²) in [5, 5.41) is 4.52. The number of aryl methyl sites for hydroxylation is 3. The second kappa shape index (κ2) is 7.83. The minimum absolute atomic E-state index is 0.133. The second-order valence-corrected chi connectivity index (χ2v) is 7.41. The fourth-order valence-electron chi connectivity index (χ4n) is 3.70. The summed E-state index contributed by atoms with van der Waals surface area (Å²) in [5.41, 5.74) is 3.07. The largest absolute Gasteiger partial charge is 0.497 e. The molecular weight excluding hydrogens is 398 g/mol. The summed E-state index contributed by atoms with van der Waals surface area (Å²) in [5.74, 6) is 1.52. The summed E-state index contributed by atoms with van der Waals surface area (Å²) in [7, 11) is 3.05. The van der Waals surface area contributed by atoms with E-state index in [0.717, 1.165) is 22.1 Å². The zero-order chi connectivity index (χ0) is 22.3. The predicted octanol–water partition coefficient (Wildman–Crippen LogP) is 4.66. The molecule has 2 aromatic heterocycles. The molecule has 2 aromatic carbocycles. The van der Waals surface area contributed by atoms with Gasteiger partial charge in [0.05, 0.1) is 31.9 Å².